The van der Waals surface area contributed by atoms with E-state index < -0.39 is 12.3 Å². The van der Waals surface area contributed by atoms with Crippen LogP contribution < -0.4 is 0 Å². The maximum Gasteiger partial charge on any atom is 0.375 e. The molecule has 0 rings (SSSR count). The van der Waals surface area contributed by atoms with Gasteiger partial charge >= 0.3 is 5.97 Å². The topological polar surface area (TPSA) is 94.5 Å². The average molecular weight is 264 g/mol. The Balaban J connectivity index is 3.65. The first-order chi connectivity index (χ1) is 8.65. The number of hydrogen-bond donors (Lipinski definition) is 2. The summed E-state index contributed by atoms with van der Waals surface area (Å²) < 4.78 is 19.3. The van der Waals surface area contributed by atoms with Crippen LogP contribution in [0.1, 0.15) is 6.92 Å². The molecule has 0 saturated heterocycles. The van der Waals surface area contributed by atoms with Crippen LogP contribution in [0.3, 0.4) is 0 Å². The molecule has 0 bridgehead atoms. The third-order valence-electron chi connectivity index (χ3n) is 1.79. The van der Waals surface area contributed by atoms with Crippen molar-refractivity contribution < 1.29 is 34.0 Å². The fourth-order valence-electron chi connectivity index (χ4n) is 1.00. The number of esters is 1. The highest BCUT2D eigenvalue weighted by atomic mass is 16.7. The van der Waals surface area contributed by atoms with Crippen molar-refractivity contribution in [3.05, 3.63) is 11.8 Å². The SMILES string of the molecule is C/C=C(/OC)C(=O)OC(O)COCCOCCO. The molecule has 0 aromatic heterocycles. The molecule has 0 aromatic carbocycles. The summed E-state index contributed by atoms with van der Waals surface area (Å²) in [6, 6.07) is 0. The summed E-state index contributed by atoms with van der Waals surface area (Å²) in [6.45, 7) is 2.16. The maximum atomic E-state index is 11.3. The third-order valence-corrected chi connectivity index (χ3v) is 1.79. The van der Waals surface area contributed by atoms with Gasteiger partial charge in [-0.1, -0.05) is 0 Å². The van der Waals surface area contributed by atoms with Crippen molar-refractivity contribution in [2.45, 2.75) is 13.2 Å². The zero-order chi connectivity index (χ0) is 13.8. The standard InChI is InChI=1S/C11H20O7/c1-3-9(15-2)11(14)18-10(13)8-17-7-6-16-5-4-12/h3,10,12-13H,4-8H2,1-2H3/b9-3+. The predicted molar refractivity (Wildman–Crippen MR) is 61.6 cm³/mol. The van der Waals surface area contributed by atoms with Gasteiger partial charge in [-0.15, -0.1) is 0 Å². The summed E-state index contributed by atoms with van der Waals surface area (Å²) in [4.78, 5) is 11.3. The molecule has 0 aliphatic rings. The molecule has 0 saturated carbocycles. The van der Waals surface area contributed by atoms with Crippen molar-refractivity contribution in [1.82, 2.24) is 0 Å². The van der Waals surface area contributed by atoms with E-state index in [0.717, 1.165) is 0 Å². The zero-order valence-electron chi connectivity index (χ0n) is 10.6. The molecule has 106 valence electrons. The van der Waals surface area contributed by atoms with E-state index in [0.29, 0.717) is 6.61 Å². The van der Waals surface area contributed by atoms with Crippen molar-refractivity contribution in [1.29, 1.82) is 0 Å². The van der Waals surface area contributed by atoms with Gasteiger partial charge in [-0.25, -0.2) is 4.79 Å². The molecule has 0 aromatic rings. The van der Waals surface area contributed by atoms with E-state index in [1.54, 1.807) is 6.92 Å². The van der Waals surface area contributed by atoms with Crippen molar-refractivity contribution in [3.63, 3.8) is 0 Å². The number of methoxy groups -OCH3 is 1. The highest BCUT2D eigenvalue weighted by Crippen LogP contribution is 2.01. The van der Waals surface area contributed by atoms with Crippen LogP contribution in [-0.2, 0) is 23.7 Å². The molecule has 2 N–H and O–H groups in total. The molecule has 0 spiro atoms. The van der Waals surface area contributed by atoms with Gasteiger partial charge in [-0.3, -0.25) is 0 Å². The van der Waals surface area contributed by atoms with E-state index in [1.807, 2.05) is 0 Å². The van der Waals surface area contributed by atoms with Crippen LogP contribution in [0.25, 0.3) is 0 Å². The Morgan fingerprint density at radius 2 is 1.94 bits per heavy atom. The van der Waals surface area contributed by atoms with Gasteiger partial charge in [0, 0.05) is 0 Å². The Kier molecular flexibility index (Phi) is 10.3. The van der Waals surface area contributed by atoms with Crippen LogP contribution in [-0.4, -0.2) is 62.6 Å². The average Bonchev–Trinajstić information content (AvgIpc) is 2.35. The Bertz CT molecular complexity index is 252. The second kappa shape index (κ2) is 11.0. The molecule has 0 fully saturated rings. The number of aliphatic hydroxyl groups is 2. The Hall–Kier alpha value is -1.15. The van der Waals surface area contributed by atoms with Gasteiger partial charge in [-0.05, 0) is 13.0 Å². The van der Waals surface area contributed by atoms with E-state index in [1.165, 1.54) is 13.2 Å². The van der Waals surface area contributed by atoms with Crippen molar-refractivity contribution in [2.24, 2.45) is 0 Å². The van der Waals surface area contributed by atoms with Gasteiger partial charge < -0.3 is 29.2 Å². The fraction of sp³-hybridized carbons (Fsp3) is 0.727. The van der Waals surface area contributed by atoms with Crippen LogP contribution >= 0.6 is 0 Å². The number of carbonyl (C=O) groups excluding carboxylic acids is 1. The highest BCUT2D eigenvalue weighted by molar-refractivity contribution is 5.86. The van der Waals surface area contributed by atoms with Gasteiger partial charge in [0.15, 0.2) is 5.76 Å². The van der Waals surface area contributed by atoms with Crippen LogP contribution in [0.4, 0.5) is 0 Å². The number of rotatable bonds is 10. The molecule has 1 atom stereocenters. The van der Waals surface area contributed by atoms with Crippen LogP contribution in [0.2, 0.25) is 0 Å². The second-order valence-electron chi connectivity index (χ2n) is 3.13. The lowest BCUT2D eigenvalue weighted by molar-refractivity contribution is -0.176. The summed E-state index contributed by atoms with van der Waals surface area (Å²) >= 11 is 0. The summed E-state index contributed by atoms with van der Waals surface area (Å²) in [7, 11) is 1.33. The molecule has 0 heterocycles. The quantitative estimate of drug-likeness (QED) is 0.179. The number of allylic oxidation sites excluding steroid dienone is 1. The minimum Gasteiger partial charge on any atom is -0.490 e. The van der Waals surface area contributed by atoms with Gasteiger partial charge in [0.2, 0.25) is 6.29 Å². The van der Waals surface area contributed by atoms with E-state index in [4.69, 9.17) is 19.3 Å². The monoisotopic (exact) mass is 264 g/mol. The summed E-state index contributed by atoms with van der Waals surface area (Å²) in [5.41, 5.74) is 0. The first-order valence-electron chi connectivity index (χ1n) is 5.51. The molecule has 0 amide bonds. The van der Waals surface area contributed by atoms with Gasteiger partial charge in [0.1, 0.15) is 6.61 Å². The molecule has 7 nitrogen and oxygen atoms in total. The molecule has 1 unspecified atom stereocenters. The Morgan fingerprint density at radius 3 is 2.50 bits per heavy atom. The molecule has 0 aliphatic heterocycles. The first-order valence-corrected chi connectivity index (χ1v) is 5.51. The van der Waals surface area contributed by atoms with Crippen molar-refractivity contribution in [2.75, 3.05) is 40.1 Å². The normalized spacial score (nSPS) is 13.2. The predicted octanol–water partition coefficient (Wildman–Crippen LogP) is -0.576. The number of aliphatic hydroxyl groups excluding tert-OH is 2. The van der Waals surface area contributed by atoms with Crippen LogP contribution in [0.5, 0.6) is 0 Å². The van der Waals surface area contributed by atoms with E-state index >= 15 is 0 Å². The molecular weight excluding hydrogens is 244 g/mol. The lowest BCUT2D eigenvalue weighted by Gasteiger charge is -2.13. The lowest BCUT2D eigenvalue weighted by Crippen LogP contribution is -2.25. The first kappa shape index (κ1) is 16.9. The molecule has 7 heteroatoms. The highest BCUT2D eigenvalue weighted by Gasteiger charge is 2.15. The van der Waals surface area contributed by atoms with E-state index in [2.05, 4.69) is 4.74 Å². The fourth-order valence-corrected chi connectivity index (χ4v) is 1.00. The second-order valence-corrected chi connectivity index (χ2v) is 3.13. The third kappa shape index (κ3) is 8.02. The maximum absolute atomic E-state index is 11.3. The molecule has 0 aliphatic carbocycles. The number of hydrogen-bond acceptors (Lipinski definition) is 7. The van der Waals surface area contributed by atoms with Gasteiger partial charge in [0.25, 0.3) is 0 Å². The lowest BCUT2D eigenvalue weighted by atomic mass is 10.4. The molecule has 18 heavy (non-hydrogen) atoms. The van der Waals surface area contributed by atoms with Crippen molar-refractivity contribution in [3.8, 4) is 0 Å². The summed E-state index contributed by atoms with van der Waals surface area (Å²) in [6.07, 6.45) is 0.0685. The van der Waals surface area contributed by atoms with Gasteiger partial charge in [0.05, 0.1) is 33.5 Å². The minimum absolute atomic E-state index is 0.0142. The summed E-state index contributed by atoms with van der Waals surface area (Å²) in [5.74, 6) is -0.743. The molecule has 0 radical (unpaired) electrons. The van der Waals surface area contributed by atoms with Crippen LogP contribution in [0.15, 0.2) is 11.8 Å². The zero-order valence-corrected chi connectivity index (χ0v) is 10.6. The van der Waals surface area contributed by atoms with Gasteiger partial charge in [-0.2, -0.15) is 0 Å². The van der Waals surface area contributed by atoms with Crippen molar-refractivity contribution >= 4 is 5.97 Å². The number of carbonyl (C=O) groups is 1. The van der Waals surface area contributed by atoms with E-state index in [9.17, 15) is 9.90 Å². The Labute approximate surface area is 106 Å². The minimum atomic E-state index is -1.36. The molecular formula is C11H20O7. The largest absolute Gasteiger partial charge is 0.490 e. The van der Waals surface area contributed by atoms with Crippen LogP contribution in [0, 0.1) is 0 Å². The smallest absolute Gasteiger partial charge is 0.375 e. The number of ether oxygens (including phenoxy) is 4. The Morgan fingerprint density at radius 1 is 1.28 bits per heavy atom. The van der Waals surface area contributed by atoms with E-state index in [-0.39, 0.29) is 32.2 Å². The summed E-state index contributed by atoms with van der Waals surface area (Å²) in [5, 5.41) is 17.8.